The van der Waals surface area contributed by atoms with Gasteiger partial charge in [-0.1, -0.05) is 0 Å². The second-order valence-electron chi connectivity index (χ2n) is 5.40. The normalized spacial score (nSPS) is 18.8. The van der Waals surface area contributed by atoms with Crippen LogP contribution in [0, 0.1) is 5.92 Å². The molecule has 0 radical (unpaired) electrons. The molecule has 0 spiro atoms. The second kappa shape index (κ2) is 7.37. The van der Waals surface area contributed by atoms with Gasteiger partial charge in [-0.25, -0.2) is 5.84 Å². The van der Waals surface area contributed by atoms with Crippen LogP contribution in [0.5, 0.6) is 0 Å². The van der Waals surface area contributed by atoms with Crippen molar-refractivity contribution in [2.24, 2.45) is 11.8 Å². The van der Waals surface area contributed by atoms with E-state index in [0.717, 1.165) is 32.7 Å². The molecule has 0 aromatic carbocycles. The lowest BCUT2D eigenvalue weighted by Crippen LogP contribution is -2.26. The van der Waals surface area contributed by atoms with Crippen molar-refractivity contribution in [1.82, 2.24) is 19.9 Å². The first-order chi connectivity index (χ1) is 10.2. The molecule has 1 unspecified atom stereocenters. The topological polar surface area (TPSA) is 95.2 Å². The fourth-order valence-electron chi connectivity index (χ4n) is 2.58. The number of hydrogen-bond acceptors (Lipinski definition) is 8. The Balaban J connectivity index is 2.05. The molecule has 1 aliphatic heterocycles. The summed E-state index contributed by atoms with van der Waals surface area (Å²) in [6.45, 7) is 8.98. The van der Waals surface area contributed by atoms with Crippen LogP contribution in [0.1, 0.15) is 20.3 Å². The first-order valence-electron chi connectivity index (χ1n) is 7.56. The number of aromatic nitrogens is 3. The van der Waals surface area contributed by atoms with E-state index in [1.54, 1.807) is 0 Å². The molecule has 0 bridgehead atoms. The van der Waals surface area contributed by atoms with Gasteiger partial charge in [-0.15, -0.1) is 0 Å². The zero-order chi connectivity index (χ0) is 15.2. The van der Waals surface area contributed by atoms with Crippen LogP contribution in [0.15, 0.2) is 0 Å². The Labute approximate surface area is 126 Å². The van der Waals surface area contributed by atoms with E-state index in [1.165, 1.54) is 6.42 Å². The van der Waals surface area contributed by atoms with E-state index < -0.39 is 0 Å². The van der Waals surface area contributed by atoms with Gasteiger partial charge in [0, 0.05) is 26.2 Å². The van der Waals surface area contributed by atoms with Crippen LogP contribution in [0.4, 0.5) is 17.8 Å². The fourth-order valence-corrected chi connectivity index (χ4v) is 2.58. The van der Waals surface area contributed by atoms with E-state index in [1.807, 2.05) is 0 Å². The summed E-state index contributed by atoms with van der Waals surface area (Å²) in [6.07, 6.45) is 1.21. The van der Waals surface area contributed by atoms with Gasteiger partial charge in [0.25, 0.3) is 0 Å². The predicted octanol–water partition coefficient (Wildman–Crippen LogP) is 0.367. The zero-order valence-electron chi connectivity index (χ0n) is 13.1. The molecule has 0 amide bonds. The Morgan fingerprint density at radius 3 is 2.52 bits per heavy atom. The van der Waals surface area contributed by atoms with E-state index in [9.17, 15) is 0 Å². The summed E-state index contributed by atoms with van der Waals surface area (Å²) < 4.78 is 0. The van der Waals surface area contributed by atoms with Crippen LogP contribution in [0.2, 0.25) is 0 Å². The average Bonchev–Trinajstić information content (AvgIpc) is 2.92. The number of nitrogens with one attached hydrogen (secondary N) is 2. The van der Waals surface area contributed by atoms with Gasteiger partial charge in [-0.2, -0.15) is 15.0 Å². The molecule has 21 heavy (non-hydrogen) atoms. The van der Waals surface area contributed by atoms with Crippen molar-refractivity contribution in [3.63, 3.8) is 0 Å². The average molecular weight is 294 g/mol. The highest BCUT2D eigenvalue weighted by Crippen LogP contribution is 2.16. The van der Waals surface area contributed by atoms with Gasteiger partial charge in [0.2, 0.25) is 17.8 Å². The first-order valence-corrected chi connectivity index (χ1v) is 7.56. The third-order valence-electron chi connectivity index (χ3n) is 3.84. The number of hydrazine groups is 1. The van der Waals surface area contributed by atoms with Gasteiger partial charge < -0.3 is 15.1 Å². The highest BCUT2D eigenvalue weighted by atomic mass is 15.4. The largest absolute Gasteiger partial charge is 0.354 e. The Morgan fingerprint density at radius 1 is 1.24 bits per heavy atom. The second-order valence-corrected chi connectivity index (χ2v) is 5.40. The van der Waals surface area contributed by atoms with Crippen molar-refractivity contribution in [2.45, 2.75) is 20.3 Å². The number of rotatable bonds is 7. The predicted molar refractivity (Wildman–Crippen MR) is 85.3 cm³/mol. The molecule has 0 aliphatic carbocycles. The van der Waals surface area contributed by atoms with Crippen molar-refractivity contribution < 1.29 is 0 Å². The van der Waals surface area contributed by atoms with E-state index in [0.29, 0.717) is 23.8 Å². The number of nitrogen functional groups attached to an aromatic ring is 1. The first kappa shape index (κ1) is 15.7. The SMILES string of the molecule is CCN(CC)c1nc(NN)nc(NCC2CCN(C)C2)n1. The maximum absolute atomic E-state index is 5.45. The quantitative estimate of drug-likeness (QED) is 0.490. The summed E-state index contributed by atoms with van der Waals surface area (Å²) >= 11 is 0. The molecule has 1 aromatic heterocycles. The van der Waals surface area contributed by atoms with Crippen molar-refractivity contribution in [1.29, 1.82) is 0 Å². The smallest absolute Gasteiger partial charge is 0.243 e. The van der Waals surface area contributed by atoms with Crippen molar-refractivity contribution >= 4 is 17.8 Å². The standard InChI is InChI=1S/C13H26N8/c1-4-21(5-2)13-17-11(16-12(18-13)19-14)15-8-10-6-7-20(3)9-10/h10H,4-9,14H2,1-3H3,(H2,15,16,17,18,19). The highest BCUT2D eigenvalue weighted by molar-refractivity contribution is 5.43. The van der Waals surface area contributed by atoms with Gasteiger partial charge >= 0.3 is 0 Å². The lowest BCUT2D eigenvalue weighted by atomic mass is 10.1. The van der Waals surface area contributed by atoms with Gasteiger partial charge in [0.15, 0.2) is 0 Å². The number of hydrogen-bond donors (Lipinski definition) is 3. The lowest BCUT2D eigenvalue weighted by molar-refractivity contribution is 0.399. The van der Waals surface area contributed by atoms with Crippen molar-refractivity contribution in [3.05, 3.63) is 0 Å². The Morgan fingerprint density at radius 2 is 1.95 bits per heavy atom. The minimum absolute atomic E-state index is 0.387. The lowest BCUT2D eigenvalue weighted by Gasteiger charge is -2.20. The van der Waals surface area contributed by atoms with Crippen LogP contribution < -0.4 is 21.5 Å². The molecule has 1 atom stereocenters. The van der Waals surface area contributed by atoms with Crippen LogP contribution in [0.3, 0.4) is 0 Å². The third-order valence-corrected chi connectivity index (χ3v) is 3.84. The Kier molecular flexibility index (Phi) is 5.51. The maximum atomic E-state index is 5.45. The van der Waals surface area contributed by atoms with E-state index >= 15 is 0 Å². The summed E-state index contributed by atoms with van der Waals surface area (Å²) in [5.74, 6) is 7.70. The zero-order valence-corrected chi connectivity index (χ0v) is 13.1. The van der Waals surface area contributed by atoms with E-state index in [2.05, 4.69) is 56.4 Å². The molecule has 2 rings (SSSR count). The van der Waals surface area contributed by atoms with Gasteiger partial charge in [0.05, 0.1) is 0 Å². The third kappa shape index (κ3) is 4.15. The number of anilines is 3. The minimum Gasteiger partial charge on any atom is -0.354 e. The van der Waals surface area contributed by atoms with Gasteiger partial charge in [-0.05, 0) is 39.8 Å². The molecule has 2 heterocycles. The van der Waals surface area contributed by atoms with Gasteiger partial charge in [0.1, 0.15) is 0 Å². The van der Waals surface area contributed by atoms with Crippen molar-refractivity contribution in [2.75, 3.05) is 55.4 Å². The molecular formula is C13H26N8. The molecular weight excluding hydrogens is 268 g/mol. The molecule has 0 saturated carbocycles. The summed E-state index contributed by atoms with van der Waals surface area (Å²) in [5, 5.41) is 3.31. The van der Waals surface area contributed by atoms with E-state index in [4.69, 9.17) is 5.84 Å². The molecule has 118 valence electrons. The summed E-state index contributed by atoms with van der Waals surface area (Å²) in [7, 11) is 2.15. The van der Waals surface area contributed by atoms with Crippen LogP contribution in [-0.2, 0) is 0 Å². The highest BCUT2D eigenvalue weighted by Gasteiger charge is 2.19. The maximum Gasteiger partial charge on any atom is 0.243 e. The number of nitrogens with two attached hydrogens (primary N) is 1. The monoisotopic (exact) mass is 294 g/mol. The van der Waals surface area contributed by atoms with Crippen LogP contribution in [-0.4, -0.2) is 59.6 Å². The van der Waals surface area contributed by atoms with Crippen molar-refractivity contribution in [3.8, 4) is 0 Å². The fraction of sp³-hybridized carbons (Fsp3) is 0.769. The van der Waals surface area contributed by atoms with Crippen LogP contribution in [0.25, 0.3) is 0 Å². The molecule has 4 N–H and O–H groups in total. The van der Waals surface area contributed by atoms with E-state index in [-0.39, 0.29) is 0 Å². The van der Waals surface area contributed by atoms with Crippen LogP contribution >= 0.6 is 0 Å². The molecule has 1 aliphatic rings. The number of likely N-dealkylation sites (tertiary alicyclic amines) is 1. The summed E-state index contributed by atoms with van der Waals surface area (Å²) in [4.78, 5) is 17.5. The molecule has 1 fully saturated rings. The Bertz CT molecular complexity index is 448. The summed E-state index contributed by atoms with van der Waals surface area (Å²) in [6, 6.07) is 0. The minimum atomic E-state index is 0.387. The Hall–Kier alpha value is -1.67. The molecule has 8 heteroatoms. The number of nitrogens with zero attached hydrogens (tertiary/aromatic N) is 5. The molecule has 1 aromatic rings. The molecule has 1 saturated heterocycles. The molecule has 8 nitrogen and oxygen atoms in total. The summed E-state index contributed by atoms with van der Waals surface area (Å²) in [5.41, 5.74) is 2.51. The van der Waals surface area contributed by atoms with Gasteiger partial charge in [-0.3, -0.25) is 5.43 Å².